The van der Waals surface area contributed by atoms with Crippen LogP contribution in [0, 0.1) is 0 Å². The Morgan fingerprint density at radius 1 is 0.477 bits per heavy atom. The van der Waals surface area contributed by atoms with Gasteiger partial charge in [0.15, 0.2) is 6.10 Å². The van der Waals surface area contributed by atoms with Crippen LogP contribution in [-0.2, 0) is 28.6 Å². The normalized spacial score (nSPS) is 13.7. The van der Waals surface area contributed by atoms with E-state index in [9.17, 15) is 19.5 Å². The monoisotopic (exact) mass is 906 g/mol. The highest BCUT2D eigenvalue weighted by Gasteiger charge is 2.25. The van der Waals surface area contributed by atoms with Crippen molar-refractivity contribution in [1.82, 2.24) is 0 Å². The van der Waals surface area contributed by atoms with Gasteiger partial charge in [0, 0.05) is 19.3 Å². The van der Waals surface area contributed by atoms with E-state index in [-0.39, 0.29) is 49.1 Å². The molecule has 0 fully saturated rings. The van der Waals surface area contributed by atoms with Crippen molar-refractivity contribution >= 4 is 17.9 Å². The SMILES string of the molecule is CC/C=C/C/C=C/C/C=C/C/C=C/C/C=C/C/C=C/CCC(=O)OCC(COCCC(C(=O)[O-])[N+](C)(C)C)OC(=O)CCCCCCCCC/C=C/C/C=C/CCCCCCCCCC. The largest absolute Gasteiger partial charge is 0.544 e. The third-order valence-electron chi connectivity index (χ3n) is 11.0. The van der Waals surface area contributed by atoms with Crippen molar-refractivity contribution in [2.75, 3.05) is 41.0 Å². The first-order valence-corrected chi connectivity index (χ1v) is 25.8. The number of aliphatic carboxylic acids is 1. The molecule has 0 radical (unpaired) electrons. The molecule has 0 aromatic carbocycles. The second kappa shape index (κ2) is 46.8. The number of ether oxygens (including phenoxy) is 3. The topological polar surface area (TPSA) is 102 Å². The van der Waals surface area contributed by atoms with Crippen LogP contribution in [0.5, 0.6) is 0 Å². The Hall–Kier alpha value is -3.75. The van der Waals surface area contributed by atoms with E-state index in [0.717, 1.165) is 77.0 Å². The summed E-state index contributed by atoms with van der Waals surface area (Å²) < 4.78 is 17.1. The van der Waals surface area contributed by atoms with Gasteiger partial charge in [0.1, 0.15) is 12.6 Å². The van der Waals surface area contributed by atoms with Crippen LogP contribution in [0.15, 0.2) is 97.2 Å². The van der Waals surface area contributed by atoms with Crippen molar-refractivity contribution in [2.24, 2.45) is 0 Å². The van der Waals surface area contributed by atoms with Gasteiger partial charge in [-0.15, -0.1) is 0 Å². The van der Waals surface area contributed by atoms with Crippen molar-refractivity contribution in [1.29, 1.82) is 0 Å². The van der Waals surface area contributed by atoms with E-state index in [4.69, 9.17) is 14.2 Å². The lowest BCUT2D eigenvalue weighted by molar-refractivity contribution is -0.889. The molecule has 370 valence electrons. The minimum Gasteiger partial charge on any atom is -0.544 e. The van der Waals surface area contributed by atoms with E-state index in [0.29, 0.717) is 12.8 Å². The lowest BCUT2D eigenvalue weighted by Crippen LogP contribution is -2.55. The number of carboxylic acid groups (broad SMARTS) is 1. The summed E-state index contributed by atoms with van der Waals surface area (Å²) in [5.74, 6) is -1.86. The molecule has 0 amide bonds. The Morgan fingerprint density at radius 3 is 1.34 bits per heavy atom. The number of allylic oxidation sites excluding steroid dienone is 16. The summed E-state index contributed by atoms with van der Waals surface area (Å²) >= 11 is 0. The number of nitrogens with zero attached hydrogens (tertiary/aromatic N) is 1. The Morgan fingerprint density at radius 2 is 0.892 bits per heavy atom. The first kappa shape index (κ1) is 61.2. The second-order valence-corrected chi connectivity index (χ2v) is 18.0. The predicted octanol–water partition coefficient (Wildman–Crippen LogP) is 13.7. The molecule has 0 aliphatic rings. The van der Waals surface area contributed by atoms with Crippen molar-refractivity contribution in [3.05, 3.63) is 97.2 Å². The second-order valence-electron chi connectivity index (χ2n) is 18.0. The van der Waals surface area contributed by atoms with Crippen LogP contribution in [0.1, 0.15) is 194 Å². The first-order valence-electron chi connectivity index (χ1n) is 25.8. The molecule has 0 spiro atoms. The molecule has 0 aromatic rings. The van der Waals surface area contributed by atoms with E-state index in [1.807, 2.05) is 12.2 Å². The zero-order chi connectivity index (χ0) is 47.7. The highest BCUT2D eigenvalue weighted by molar-refractivity contribution is 5.70. The van der Waals surface area contributed by atoms with Crippen LogP contribution in [0.2, 0.25) is 0 Å². The molecule has 0 aliphatic carbocycles. The molecule has 2 unspecified atom stereocenters. The molecule has 2 atom stereocenters. The number of esters is 2. The molecule has 0 heterocycles. The molecule has 8 heteroatoms. The highest BCUT2D eigenvalue weighted by atomic mass is 16.6. The molecular weight excluding hydrogens is 811 g/mol. The third-order valence-corrected chi connectivity index (χ3v) is 11.0. The minimum absolute atomic E-state index is 0.00826. The van der Waals surface area contributed by atoms with Gasteiger partial charge in [-0.1, -0.05) is 188 Å². The fraction of sp³-hybridized carbons (Fsp3) is 0.667. The number of hydrogen-bond donors (Lipinski definition) is 0. The number of carbonyl (C=O) groups is 3. The van der Waals surface area contributed by atoms with E-state index in [1.165, 1.54) is 77.0 Å². The quantitative estimate of drug-likeness (QED) is 0.0259. The van der Waals surface area contributed by atoms with E-state index in [1.54, 1.807) is 21.1 Å². The molecule has 0 saturated carbocycles. The first-order chi connectivity index (χ1) is 31.6. The molecule has 0 aromatic heterocycles. The fourth-order valence-corrected chi connectivity index (χ4v) is 7.01. The van der Waals surface area contributed by atoms with Crippen molar-refractivity contribution < 1.29 is 38.2 Å². The van der Waals surface area contributed by atoms with Gasteiger partial charge in [0.25, 0.3) is 0 Å². The van der Waals surface area contributed by atoms with Crippen LogP contribution in [-0.4, -0.2) is 75.5 Å². The number of rotatable bonds is 45. The van der Waals surface area contributed by atoms with Crippen molar-refractivity contribution in [3.8, 4) is 0 Å². The van der Waals surface area contributed by atoms with Gasteiger partial charge in [-0.25, -0.2) is 0 Å². The lowest BCUT2D eigenvalue weighted by atomic mass is 10.1. The summed E-state index contributed by atoms with van der Waals surface area (Å²) in [6, 6.07) is -0.744. The van der Waals surface area contributed by atoms with Gasteiger partial charge in [-0.2, -0.15) is 0 Å². The summed E-state index contributed by atoms with van der Waals surface area (Å²) in [4.78, 5) is 37.0. The maximum Gasteiger partial charge on any atom is 0.306 e. The molecule has 0 rings (SSSR count). The molecule has 0 N–H and O–H groups in total. The molecule has 0 aliphatic heterocycles. The fourth-order valence-electron chi connectivity index (χ4n) is 7.01. The Balaban J connectivity index is 4.38. The number of carboxylic acids is 1. The van der Waals surface area contributed by atoms with Gasteiger partial charge in [-0.05, 0) is 83.5 Å². The van der Waals surface area contributed by atoms with Crippen LogP contribution >= 0.6 is 0 Å². The molecule has 8 nitrogen and oxygen atoms in total. The smallest absolute Gasteiger partial charge is 0.306 e. The van der Waals surface area contributed by atoms with Gasteiger partial charge in [0.2, 0.25) is 0 Å². The van der Waals surface area contributed by atoms with Crippen LogP contribution < -0.4 is 5.11 Å². The standard InChI is InChI=1S/C57H95NO7/c1-6-8-10-12-14-16-18-20-22-24-26-27-28-30-32-34-36-38-40-42-44-46-48-56(60)65-53(51-63-50-49-54(57(61)62)58(3,4)5)52-64-55(59)47-45-43-41-39-37-35-33-31-29-25-23-21-19-17-15-13-11-9-7-2/h9,11,15,17,21,23-24,26,28-31,35,37,41,43,53-54H,6-8,10,12-14,16,18-20,22,25,27,32-34,36,38-40,42,44-52H2,1-5H3/b11-9+,17-15+,23-21+,26-24+,30-28+,31-29+,37-35+,43-41+. The van der Waals surface area contributed by atoms with E-state index >= 15 is 0 Å². The average molecular weight is 906 g/mol. The Kier molecular flexibility index (Phi) is 44.1. The van der Waals surface area contributed by atoms with Crippen molar-refractivity contribution in [3.63, 3.8) is 0 Å². The summed E-state index contributed by atoms with van der Waals surface area (Å²) in [5, 5.41) is 11.7. The Bertz CT molecular complexity index is 1380. The zero-order valence-electron chi connectivity index (χ0n) is 42.1. The zero-order valence-corrected chi connectivity index (χ0v) is 42.1. The van der Waals surface area contributed by atoms with Gasteiger partial charge < -0.3 is 28.6 Å². The molecule has 0 bridgehead atoms. The number of unbranched alkanes of at least 4 members (excludes halogenated alkanes) is 15. The third kappa shape index (κ3) is 45.2. The summed E-state index contributed by atoms with van der Waals surface area (Å²) in [5.41, 5.74) is 0. The molecule has 65 heavy (non-hydrogen) atoms. The Labute approximate surface area is 398 Å². The summed E-state index contributed by atoms with van der Waals surface area (Å²) in [6.45, 7) is 4.46. The average Bonchev–Trinajstić information content (AvgIpc) is 3.27. The summed E-state index contributed by atoms with van der Waals surface area (Å²) in [7, 11) is 5.38. The summed E-state index contributed by atoms with van der Waals surface area (Å²) in [6.07, 6.45) is 63.1. The molecular formula is C57H95NO7. The van der Waals surface area contributed by atoms with Gasteiger partial charge in [-0.3, -0.25) is 9.59 Å². The van der Waals surface area contributed by atoms with Crippen LogP contribution in [0.3, 0.4) is 0 Å². The number of likely N-dealkylation sites (N-methyl/N-ethyl adjacent to an activating group) is 1. The van der Waals surface area contributed by atoms with E-state index in [2.05, 4.69) is 98.9 Å². The number of carbonyl (C=O) groups excluding carboxylic acids is 3. The van der Waals surface area contributed by atoms with Crippen molar-refractivity contribution in [2.45, 2.75) is 206 Å². The van der Waals surface area contributed by atoms with Gasteiger partial charge >= 0.3 is 11.9 Å². The van der Waals surface area contributed by atoms with Crippen LogP contribution in [0.25, 0.3) is 0 Å². The van der Waals surface area contributed by atoms with Gasteiger partial charge in [0.05, 0.1) is 40.3 Å². The lowest BCUT2D eigenvalue weighted by Gasteiger charge is -2.34. The number of quaternary nitrogens is 1. The van der Waals surface area contributed by atoms with Crippen LogP contribution in [0.4, 0.5) is 0 Å². The minimum atomic E-state index is -1.14. The number of hydrogen-bond acceptors (Lipinski definition) is 7. The van der Waals surface area contributed by atoms with E-state index < -0.39 is 18.1 Å². The maximum atomic E-state index is 12.8. The predicted molar refractivity (Wildman–Crippen MR) is 272 cm³/mol. The highest BCUT2D eigenvalue weighted by Crippen LogP contribution is 2.13. The maximum absolute atomic E-state index is 12.8. The molecule has 0 saturated heterocycles.